The molecule has 7 nitrogen and oxygen atoms in total. The predicted octanol–water partition coefficient (Wildman–Crippen LogP) is 5.45. The molecular formula is C25H26N4O3S. The molecule has 2 aromatic carbocycles. The molecule has 33 heavy (non-hydrogen) atoms. The third kappa shape index (κ3) is 3.95. The van der Waals surface area contributed by atoms with Gasteiger partial charge in [0.2, 0.25) is 11.0 Å². The van der Waals surface area contributed by atoms with Crippen molar-refractivity contribution in [1.82, 2.24) is 14.8 Å². The van der Waals surface area contributed by atoms with Gasteiger partial charge in [0.15, 0.2) is 11.5 Å². The normalized spacial score (nSPS) is 15.4. The summed E-state index contributed by atoms with van der Waals surface area (Å²) >= 11 is 1.55. The number of para-hydroxylation sites is 1. The topological polar surface area (TPSA) is 78.3 Å². The first-order valence-corrected chi connectivity index (χ1v) is 12.1. The molecule has 5 rings (SSSR count). The Labute approximate surface area is 196 Å². The number of ether oxygens (including phenoxy) is 2. The van der Waals surface area contributed by atoms with Crippen LogP contribution in [0.4, 0.5) is 5.82 Å². The summed E-state index contributed by atoms with van der Waals surface area (Å²) in [6.07, 6.45) is 1.27. The minimum absolute atomic E-state index is 0.0426. The molecule has 1 aliphatic rings. The Morgan fingerprint density at radius 1 is 1.15 bits per heavy atom. The predicted molar refractivity (Wildman–Crippen MR) is 130 cm³/mol. The molecule has 0 unspecified atom stereocenters. The van der Waals surface area contributed by atoms with Crippen molar-refractivity contribution in [1.29, 1.82) is 0 Å². The number of nitrogens with one attached hydrogen (secondary N) is 1. The van der Waals surface area contributed by atoms with E-state index >= 15 is 0 Å². The zero-order chi connectivity index (χ0) is 22.9. The maximum atomic E-state index is 12.8. The molecule has 1 atom stereocenters. The van der Waals surface area contributed by atoms with Crippen LogP contribution in [0.15, 0.2) is 42.5 Å². The summed E-state index contributed by atoms with van der Waals surface area (Å²) in [4.78, 5) is 17.5. The molecule has 2 aromatic heterocycles. The van der Waals surface area contributed by atoms with Crippen LogP contribution < -0.4 is 14.8 Å². The van der Waals surface area contributed by atoms with Crippen molar-refractivity contribution in [3.05, 3.63) is 59.3 Å². The highest BCUT2D eigenvalue weighted by atomic mass is 32.1. The number of thiazole rings is 1. The van der Waals surface area contributed by atoms with E-state index in [1.165, 1.54) is 0 Å². The Balaban J connectivity index is 1.58. The number of carbonyl (C=O) groups excluding carboxylic acids is 1. The molecule has 1 N–H and O–H groups in total. The summed E-state index contributed by atoms with van der Waals surface area (Å²) in [5, 5.41) is 8.56. The highest BCUT2D eigenvalue weighted by Crippen LogP contribution is 2.43. The van der Waals surface area contributed by atoms with Crippen LogP contribution in [0.5, 0.6) is 11.5 Å². The monoisotopic (exact) mass is 462 g/mol. The molecular weight excluding hydrogens is 436 g/mol. The van der Waals surface area contributed by atoms with Gasteiger partial charge in [-0.25, -0.2) is 4.98 Å². The van der Waals surface area contributed by atoms with E-state index in [1.807, 2.05) is 56.3 Å². The Kier molecular flexibility index (Phi) is 5.76. The Bertz CT molecular complexity index is 1290. The fraction of sp³-hybridized carbons (Fsp3) is 0.320. The quantitative estimate of drug-likeness (QED) is 0.395. The first-order valence-electron chi connectivity index (χ1n) is 11.2. The highest BCUT2D eigenvalue weighted by Gasteiger charge is 2.33. The first-order chi connectivity index (χ1) is 16.1. The van der Waals surface area contributed by atoms with Gasteiger partial charge in [-0.3, -0.25) is 4.79 Å². The summed E-state index contributed by atoms with van der Waals surface area (Å²) in [5.74, 6) is 1.95. The van der Waals surface area contributed by atoms with Gasteiger partial charge in [0.25, 0.3) is 0 Å². The maximum absolute atomic E-state index is 12.8. The van der Waals surface area contributed by atoms with E-state index in [0.717, 1.165) is 44.3 Å². The molecule has 0 saturated heterocycles. The summed E-state index contributed by atoms with van der Waals surface area (Å²) < 4.78 is 14.6. The van der Waals surface area contributed by atoms with Gasteiger partial charge in [0.05, 0.1) is 29.1 Å². The van der Waals surface area contributed by atoms with E-state index in [9.17, 15) is 4.79 Å². The Morgan fingerprint density at radius 2 is 2.00 bits per heavy atom. The second kappa shape index (κ2) is 8.86. The van der Waals surface area contributed by atoms with Gasteiger partial charge in [-0.15, -0.1) is 0 Å². The zero-order valence-corrected chi connectivity index (χ0v) is 19.7. The number of rotatable bonds is 7. The fourth-order valence-electron chi connectivity index (χ4n) is 4.26. The van der Waals surface area contributed by atoms with E-state index < -0.39 is 0 Å². The maximum Gasteiger partial charge on any atom is 0.226 e. The number of hydrogen-bond acceptors (Lipinski definition) is 6. The van der Waals surface area contributed by atoms with Gasteiger partial charge < -0.3 is 14.8 Å². The summed E-state index contributed by atoms with van der Waals surface area (Å²) in [5.41, 5.74) is 3.81. The number of carbonyl (C=O) groups is 1. The van der Waals surface area contributed by atoms with E-state index in [2.05, 4.69) is 12.2 Å². The zero-order valence-electron chi connectivity index (χ0n) is 18.9. The molecule has 4 aromatic rings. The lowest BCUT2D eigenvalue weighted by Crippen LogP contribution is -2.25. The molecule has 1 amide bonds. The lowest BCUT2D eigenvalue weighted by atomic mass is 9.85. The molecule has 0 fully saturated rings. The molecule has 0 bridgehead atoms. The summed E-state index contributed by atoms with van der Waals surface area (Å²) in [7, 11) is 0. The van der Waals surface area contributed by atoms with Gasteiger partial charge in [-0.2, -0.15) is 9.78 Å². The standard InChI is InChI=1S/C25H26N4O3S/c1-4-12-32-19-11-10-16(13-20(19)31-5-2)17-14-22(30)27-24-23(17)15(3)28-29(24)25-26-18-8-6-7-9-21(18)33-25/h6-11,13,17H,4-5,12,14H2,1-3H3,(H,27,30)/t17-/m0/s1. The number of benzene rings is 2. The second-order valence-corrected chi connectivity index (χ2v) is 9.03. The number of aryl methyl sites for hydroxylation is 1. The number of fused-ring (bicyclic) bond motifs is 2. The van der Waals surface area contributed by atoms with Crippen LogP contribution in [0.25, 0.3) is 15.3 Å². The van der Waals surface area contributed by atoms with E-state index in [0.29, 0.717) is 31.2 Å². The lowest BCUT2D eigenvalue weighted by molar-refractivity contribution is -0.116. The van der Waals surface area contributed by atoms with Crippen LogP contribution in [0.3, 0.4) is 0 Å². The van der Waals surface area contributed by atoms with Crippen molar-refractivity contribution in [3.63, 3.8) is 0 Å². The first kappa shape index (κ1) is 21.5. The largest absolute Gasteiger partial charge is 0.490 e. The van der Waals surface area contributed by atoms with Crippen LogP contribution in [-0.4, -0.2) is 33.9 Å². The average molecular weight is 463 g/mol. The molecule has 0 spiro atoms. The van der Waals surface area contributed by atoms with E-state index in [4.69, 9.17) is 19.6 Å². The molecule has 170 valence electrons. The highest BCUT2D eigenvalue weighted by molar-refractivity contribution is 7.20. The molecule has 0 saturated carbocycles. The van der Waals surface area contributed by atoms with Gasteiger partial charge in [0, 0.05) is 17.9 Å². The minimum atomic E-state index is -0.128. The van der Waals surface area contributed by atoms with Crippen LogP contribution in [0, 0.1) is 6.92 Å². The van der Waals surface area contributed by atoms with E-state index in [1.54, 1.807) is 16.0 Å². The number of hydrogen-bond donors (Lipinski definition) is 1. The fourth-order valence-corrected chi connectivity index (χ4v) is 5.19. The van der Waals surface area contributed by atoms with Crippen LogP contribution in [0.1, 0.15) is 49.4 Å². The SMILES string of the molecule is CCCOc1ccc([C@@H]2CC(=O)Nc3c2c(C)nn3-c2nc3ccccc3s2)cc1OCC. The van der Waals surface area contributed by atoms with Crippen LogP contribution in [-0.2, 0) is 4.79 Å². The lowest BCUT2D eigenvalue weighted by Gasteiger charge is -2.25. The number of amides is 1. The van der Waals surface area contributed by atoms with Crippen molar-refractivity contribution < 1.29 is 14.3 Å². The van der Waals surface area contributed by atoms with Gasteiger partial charge >= 0.3 is 0 Å². The van der Waals surface area contributed by atoms with Gasteiger partial charge in [-0.1, -0.05) is 36.5 Å². The van der Waals surface area contributed by atoms with Gasteiger partial charge in [0.1, 0.15) is 5.82 Å². The van der Waals surface area contributed by atoms with Crippen molar-refractivity contribution in [3.8, 4) is 16.6 Å². The average Bonchev–Trinajstić information content (AvgIpc) is 3.39. The molecule has 8 heteroatoms. The molecule has 0 radical (unpaired) electrons. The van der Waals surface area contributed by atoms with Crippen LogP contribution in [0.2, 0.25) is 0 Å². The third-order valence-electron chi connectivity index (χ3n) is 5.70. The molecule has 1 aliphatic heterocycles. The molecule has 3 heterocycles. The summed E-state index contributed by atoms with van der Waals surface area (Å²) in [6, 6.07) is 13.9. The Hall–Kier alpha value is -3.39. The van der Waals surface area contributed by atoms with Crippen LogP contribution >= 0.6 is 11.3 Å². The second-order valence-electron chi connectivity index (χ2n) is 8.02. The van der Waals surface area contributed by atoms with Crippen molar-refractivity contribution in [2.24, 2.45) is 0 Å². The smallest absolute Gasteiger partial charge is 0.226 e. The minimum Gasteiger partial charge on any atom is -0.490 e. The Morgan fingerprint density at radius 3 is 2.79 bits per heavy atom. The van der Waals surface area contributed by atoms with Gasteiger partial charge in [-0.05, 0) is 50.1 Å². The molecule has 0 aliphatic carbocycles. The van der Waals surface area contributed by atoms with Crippen molar-refractivity contribution >= 4 is 33.3 Å². The van der Waals surface area contributed by atoms with Crippen molar-refractivity contribution in [2.45, 2.75) is 39.5 Å². The van der Waals surface area contributed by atoms with E-state index in [-0.39, 0.29) is 11.8 Å². The number of anilines is 1. The summed E-state index contributed by atoms with van der Waals surface area (Å²) in [6.45, 7) is 7.17. The number of aromatic nitrogens is 3. The number of nitrogens with zero attached hydrogens (tertiary/aromatic N) is 3. The van der Waals surface area contributed by atoms with Crippen molar-refractivity contribution in [2.75, 3.05) is 18.5 Å². The third-order valence-corrected chi connectivity index (χ3v) is 6.71.